The first-order chi connectivity index (χ1) is 14.3. The number of nitrogens with one attached hydrogen (secondary N) is 1. The smallest absolute Gasteiger partial charge is 0.264 e. The van der Waals surface area contributed by atoms with Gasteiger partial charge in [0.25, 0.3) is 5.91 Å². The van der Waals surface area contributed by atoms with Gasteiger partial charge in [0, 0.05) is 22.1 Å². The molecule has 3 aromatic rings. The summed E-state index contributed by atoms with van der Waals surface area (Å²) >= 11 is 7.69. The van der Waals surface area contributed by atoms with Crippen molar-refractivity contribution in [1.29, 1.82) is 0 Å². The summed E-state index contributed by atoms with van der Waals surface area (Å²) in [5.74, 6) is -0.130. The van der Waals surface area contributed by atoms with Gasteiger partial charge in [-0.05, 0) is 87.0 Å². The van der Waals surface area contributed by atoms with Gasteiger partial charge in [0.2, 0.25) is 0 Å². The monoisotopic (exact) mass is 435 g/mol. The second-order valence-corrected chi connectivity index (χ2v) is 8.80. The van der Waals surface area contributed by atoms with Crippen LogP contribution in [0.5, 0.6) is 0 Å². The van der Waals surface area contributed by atoms with E-state index in [1.54, 1.807) is 0 Å². The topological polar surface area (TPSA) is 46.4 Å². The summed E-state index contributed by atoms with van der Waals surface area (Å²) in [5, 5.41) is 4.19. The molecule has 1 aliphatic rings. The van der Waals surface area contributed by atoms with Crippen LogP contribution in [-0.4, -0.2) is 15.6 Å². The SMILES string of the molecule is Cc1ccc(N=C2NC(=O)/C(=C\c3cc(C)n(-c4cccc(Cl)c4C)c3C)S2)cc1. The molecule has 1 N–H and O–H groups in total. The molecule has 1 saturated heterocycles. The van der Waals surface area contributed by atoms with Crippen molar-refractivity contribution >= 4 is 46.2 Å². The summed E-state index contributed by atoms with van der Waals surface area (Å²) in [6.07, 6.45) is 1.93. The molecule has 0 aliphatic carbocycles. The number of hydrogen-bond acceptors (Lipinski definition) is 3. The van der Waals surface area contributed by atoms with Gasteiger partial charge in [-0.25, -0.2) is 4.99 Å². The number of amidine groups is 1. The van der Waals surface area contributed by atoms with E-state index in [1.807, 2.05) is 56.3 Å². The third-order valence-corrected chi connectivity index (χ3v) is 6.47. The minimum atomic E-state index is -0.130. The van der Waals surface area contributed by atoms with E-state index in [9.17, 15) is 4.79 Å². The van der Waals surface area contributed by atoms with Crippen LogP contribution in [0.2, 0.25) is 5.02 Å². The van der Waals surface area contributed by atoms with Crippen molar-refractivity contribution in [2.24, 2.45) is 4.99 Å². The zero-order valence-corrected chi connectivity index (χ0v) is 18.9. The quantitative estimate of drug-likeness (QED) is 0.494. The number of aliphatic imine (C=N–C) groups is 1. The fourth-order valence-corrected chi connectivity index (χ4v) is 4.50. The number of aryl methyl sites for hydroxylation is 2. The fraction of sp³-hybridized carbons (Fsp3) is 0.167. The molecule has 152 valence electrons. The lowest BCUT2D eigenvalue weighted by molar-refractivity contribution is -0.115. The summed E-state index contributed by atoms with van der Waals surface area (Å²) < 4.78 is 2.17. The van der Waals surface area contributed by atoms with Crippen molar-refractivity contribution in [2.45, 2.75) is 27.7 Å². The van der Waals surface area contributed by atoms with Gasteiger partial charge in [0.05, 0.1) is 10.6 Å². The fourth-order valence-electron chi connectivity index (χ4n) is 3.50. The Morgan fingerprint density at radius 3 is 2.53 bits per heavy atom. The average Bonchev–Trinajstić information content (AvgIpc) is 3.18. The van der Waals surface area contributed by atoms with Gasteiger partial charge in [0.1, 0.15) is 0 Å². The van der Waals surface area contributed by atoms with E-state index >= 15 is 0 Å². The van der Waals surface area contributed by atoms with Gasteiger partial charge in [-0.2, -0.15) is 0 Å². The predicted molar refractivity (Wildman–Crippen MR) is 127 cm³/mol. The van der Waals surface area contributed by atoms with Gasteiger partial charge in [-0.15, -0.1) is 0 Å². The van der Waals surface area contributed by atoms with Crippen molar-refractivity contribution in [1.82, 2.24) is 9.88 Å². The Bertz CT molecular complexity index is 1210. The molecule has 1 fully saturated rings. The maximum absolute atomic E-state index is 12.5. The lowest BCUT2D eigenvalue weighted by Gasteiger charge is -2.13. The van der Waals surface area contributed by atoms with Gasteiger partial charge < -0.3 is 9.88 Å². The Morgan fingerprint density at radius 1 is 1.07 bits per heavy atom. The molecule has 1 aliphatic heterocycles. The molecular weight excluding hydrogens is 414 g/mol. The molecule has 0 atom stereocenters. The molecule has 4 rings (SSSR count). The van der Waals surface area contributed by atoms with Crippen LogP contribution >= 0.6 is 23.4 Å². The van der Waals surface area contributed by atoms with Crippen LogP contribution in [0.3, 0.4) is 0 Å². The Labute approximate surface area is 185 Å². The Kier molecular flexibility index (Phi) is 5.58. The van der Waals surface area contributed by atoms with E-state index in [4.69, 9.17) is 11.6 Å². The molecule has 0 saturated carbocycles. The van der Waals surface area contributed by atoms with Crippen LogP contribution in [0.25, 0.3) is 11.8 Å². The predicted octanol–water partition coefficient (Wildman–Crippen LogP) is 6.26. The number of thioether (sulfide) groups is 1. The van der Waals surface area contributed by atoms with Crippen LogP contribution in [0.4, 0.5) is 5.69 Å². The number of halogens is 1. The standard InChI is InChI=1S/C24H22ClN3OS/c1-14-8-10-19(11-9-14)26-24-27-23(29)22(30-24)13-18-12-15(2)28(17(18)4)21-7-5-6-20(25)16(21)3/h5-13H,1-4H3,(H,26,27,29)/b22-13+. The first-order valence-electron chi connectivity index (χ1n) is 9.64. The maximum Gasteiger partial charge on any atom is 0.264 e. The Hall–Kier alpha value is -2.76. The number of carbonyl (C=O) groups is 1. The summed E-state index contributed by atoms with van der Waals surface area (Å²) in [6, 6.07) is 15.9. The normalized spacial score (nSPS) is 16.5. The highest BCUT2D eigenvalue weighted by molar-refractivity contribution is 8.18. The van der Waals surface area contributed by atoms with Crippen molar-refractivity contribution in [3.63, 3.8) is 0 Å². The zero-order valence-electron chi connectivity index (χ0n) is 17.3. The second kappa shape index (κ2) is 8.17. The molecule has 0 unspecified atom stereocenters. The number of carbonyl (C=O) groups excluding carboxylic acids is 1. The average molecular weight is 436 g/mol. The summed E-state index contributed by atoms with van der Waals surface area (Å²) in [7, 11) is 0. The number of amides is 1. The minimum Gasteiger partial charge on any atom is -0.318 e. The van der Waals surface area contributed by atoms with E-state index in [-0.39, 0.29) is 5.91 Å². The molecule has 4 nitrogen and oxygen atoms in total. The van der Waals surface area contributed by atoms with Crippen molar-refractivity contribution < 1.29 is 4.79 Å². The molecular formula is C24H22ClN3OS. The number of nitrogens with zero attached hydrogens (tertiary/aromatic N) is 2. The van der Waals surface area contributed by atoms with Crippen molar-refractivity contribution in [3.8, 4) is 5.69 Å². The molecule has 30 heavy (non-hydrogen) atoms. The van der Waals surface area contributed by atoms with Crippen LogP contribution in [-0.2, 0) is 4.79 Å². The lowest BCUT2D eigenvalue weighted by atomic mass is 10.2. The van der Waals surface area contributed by atoms with Crippen LogP contribution < -0.4 is 5.32 Å². The van der Waals surface area contributed by atoms with E-state index in [0.717, 1.165) is 38.9 Å². The van der Waals surface area contributed by atoms with Crippen LogP contribution in [0.15, 0.2) is 58.4 Å². The van der Waals surface area contributed by atoms with E-state index in [1.165, 1.54) is 17.3 Å². The Morgan fingerprint density at radius 2 is 1.80 bits per heavy atom. The molecule has 1 aromatic heterocycles. The van der Waals surface area contributed by atoms with E-state index < -0.39 is 0 Å². The van der Waals surface area contributed by atoms with Crippen LogP contribution in [0, 0.1) is 27.7 Å². The second-order valence-electron chi connectivity index (χ2n) is 7.36. The third kappa shape index (κ3) is 3.95. The van der Waals surface area contributed by atoms with Gasteiger partial charge in [-0.3, -0.25) is 4.79 Å². The summed E-state index contributed by atoms with van der Waals surface area (Å²) in [4.78, 5) is 17.7. The number of hydrogen-bond donors (Lipinski definition) is 1. The van der Waals surface area contributed by atoms with Gasteiger partial charge in [-0.1, -0.05) is 35.4 Å². The zero-order chi connectivity index (χ0) is 21.4. The highest BCUT2D eigenvalue weighted by atomic mass is 35.5. The van der Waals surface area contributed by atoms with Gasteiger partial charge >= 0.3 is 0 Å². The van der Waals surface area contributed by atoms with Crippen molar-refractivity contribution in [3.05, 3.63) is 86.5 Å². The first-order valence-corrected chi connectivity index (χ1v) is 10.8. The molecule has 1 amide bonds. The summed E-state index contributed by atoms with van der Waals surface area (Å²) in [5.41, 5.74) is 7.21. The highest BCUT2D eigenvalue weighted by Gasteiger charge is 2.24. The largest absolute Gasteiger partial charge is 0.318 e. The molecule has 6 heteroatoms. The lowest BCUT2D eigenvalue weighted by Crippen LogP contribution is -2.19. The number of aromatic nitrogens is 1. The maximum atomic E-state index is 12.5. The van der Waals surface area contributed by atoms with E-state index in [2.05, 4.69) is 40.9 Å². The van der Waals surface area contributed by atoms with Gasteiger partial charge in [0.15, 0.2) is 5.17 Å². The molecule has 2 aromatic carbocycles. The number of rotatable bonds is 3. The molecule has 0 bridgehead atoms. The number of benzene rings is 2. The van der Waals surface area contributed by atoms with Crippen molar-refractivity contribution in [2.75, 3.05) is 0 Å². The third-order valence-electron chi connectivity index (χ3n) is 5.15. The summed E-state index contributed by atoms with van der Waals surface area (Å²) in [6.45, 7) is 8.16. The minimum absolute atomic E-state index is 0.130. The van der Waals surface area contributed by atoms with E-state index in [0.29, 0.717) is 10.1 Å². The first kappa shape index (κ1) is 20.5. The molecule has 2 heterocycles. The molecule has 0 radical (unpaired) electrons. The highest BCUT2D eigenvalue weighted by Crippen LogP contribution is 2.32. The van der Waals surface area contributed by atoms with Crippen LogP contribution in [0.1, 0.15) is 28.1 Å². The Balaban J connectivity index is 1.66. The molecule has 0 spiro atoms.